The molecule has 1 unspecified atom stereocenters. The van der Waals surface area contributed by atoms with Gasteiger partial charge in [0, 0.05) is 19.7 Å². The summed E-state index contributed by atoms with van der Waals surface area (Å²) in [7, 11) is 0. The van der Waals surface area contributed by atoms with Crippen LogP contribution in [0.4, 0.5) is 6.01 Å². The summed E-state index contributed by atoms with van der Waals surface area (Å²) in [5, 5.41) is 11.7. The highest BCUT2D eigenvalue weighted by molar-refractivity contribution is 5.25. The van der Waals surface area contributed by atoms with Gasteiger partial charge in [0.2, 0.25) is 5.89 Å². The quantitative estimate of drug-likeness (QED) is 0.826. The lowest BCUT2D eigenvalue weighted by molar-refractivity contribution is 0.0453. The van der Waals surface area contributed by atoms with E-state index in [4.69, 9.17) is 9.15 Å². The van der Waals surface area contributed by atoms with E-state index in [1.165, 1.54) is 0 Å². The van der Waals surface area contributed by atoms with E-state index >= 15 is 0 Å². The van der Waals surface area contributed by atoms with Gasteiger partial charge in [-0.15, -0.1) is 5.10 Å². The topological polar surface area (TPSA) is 63.4 Å². The molecule has 0 saturated carbocycles. The van der Waals surface area contributed by atoms with Gasteiger partial charge in [0.25, 0.3) is 0 Å². The van der Waals surface area contributed by atoms with Crippen LogP contribution in [0.1, 0.15) is 52.0 Å². The van der Waals surface area contributed by atoms with Gasteiger partial charge in [0.15, 0.2) is 0 Å². The second-order valence-corrected chi connectivity index (χ2v) is 5.24. The molecule has 1 saturated heterocycles. The first kappa shape index (κ1) is 15.3. The minimum atomic E-state index is 0.108. The zero-order valence-corrected chi connectivity index (χ0v) is 12.8. The highest BCUT2D eigenvalue weighted by Gasteiger charge is 2.23. The third-order valence-corrected chi connectivity index (χ3v) is 3.62. The number of nitrogens with zero attached hydrogens (tertiary/aromatic N) is 3. The molecule has 20 heavy (non-hydrogen) atoms. The fourth-order valence-electron chi connectivity index (χ4n) is 2.43. The molecule has 2 heterocycles. The van der Waals surface area contributed by atoms with E-state index in [2.05, 4.69) is 27.3 Å². The van der Waals surface area contributed by atoms with Crippen molar-refractivity contribution < 1.29 is 9.15 Å². The molecule has 1 N–H and O–H groups in total. The monoisotopic (exact) mass is 282 g/mol. The lowest BCUT2D eigenvalue weighted by atomic mass is 10.1. The van der Waals surface area contributed by atoms with E-state index in [1.54, 1.807) is 0 Å². The third-order valence-electron chi connectivity index (χ3n) is 3.62. The lowest BCUT2D eigenvalue weighted by Crippen LogP contribution is -2.37. The van der Waals surface area contributed by atoms with Crippen molar-refractivity contribution in [3.8, 4) is 0 Å². The second-order valence-electron chi connectivity index (χ2n) is 5.24. The van der Waals surface area contributed by atoms with Crippen LogP contribution in [0.3, 0.4) is 0 Å². The van der Waals surface area contributed by atoms with Gasteiger partial charge >= 0.3 is 6.01 Å². The molecule has 1 atom stereocenters. The van der Waals surface area contributed by atoms with Gasteiger partial charge in [-0.1, -0.05) is 12.0 Å². The molecule has 0 radical (unpaired) electrons. The fourth-order valence-corrected chi connectivity index (χ4v) is 2.43. The van der Waals surface area contributed by atoms with Gasteiger partial charge in [-0.05, 0) is 39.7 Å². The predicted molar refractivity (Wildman–Crippen MR) is 77.9 cm³/mol. The van der Waals surface area contributed by atoms with Crippen LogP contribution in [0.2, 0.25) is 0 Å². The zero-order valence-electron chi connectivity index (χ0n) is 12.8. The first-order valence-corrected chi connectivity index (χ1v) is 7.67. The van der Waals surface area contributed by atoms with Crippen LogP contribution in [0.5, 0.6) is 0 Å². The molecule has 0 aromatic carbocycles. The number of aromatic nitrogens is 2. The van der Waals surface area contributed by atoms with E-state index in [0.29, 0.717) is 18.0 Å². The minimum absolute atomic E-state index is 0.108. The summed E-state index contributed by atoms with van der Waals surface area (Å²) >= 11 is 0. The van der Waals surface area contributed by atoms with Crippen molar-refractivity contribution >= 4 is 6.01 Å². The van der Waals surface area contributed by atoms with Crippen molar-refractivity contribution in [1.29, 1.82) is 0 Å². The Bertz CT molecular complexity index is 388. The van der Waals surface area contributed by atoms with Crippen molar-refractivity contribution in [2.75, 3.05) is 31.1 Å². The summed E-state index contributed by atoms with van der Waals surface area (Å²) in [5.74, 6) is 0.667. The maximum atomic E-state index is 5.78. The number of ether oxygens (including phenoxy) is 1. The molecule has 2 rings (SSSR count). The predicted octanol–water partition coefficient (Wildman–Crippen LogP) is 2.14. The maximum absolute atomic E-state index is 5.78. The number of piperidine rings is 1. The van der Waals surface area contributed by atoms with Crippen LogP contribution < -0.4 is 10.2 Å². The summed E-state index contributed by atoms with van der Waals surface area (Å²) in [6.45, 7) is 9.82. The zero-order chi connectivity index (χ0) is 14.4. The fraction of sp³-hybridized carbons (Fsp3) is 0.857. The Morgan fingerprint density at radius 2 is 2.10 bits per heavy atom. The highest BCUT2D eigenvalue weighted by atomic mass is 16.5. The van der Waals surface area contributed by atoms with Gasteiger partial charge in [-0.25, -0.2) is 0 Å². The number of nitrogens with one attached hydrogen (secondary N) is 1. The maximum Gasteiger partial charge on any atom is 0.318 e. The Morgan fingerprint density at radius 1 is 1.35 bits per heavy atom. The van der Waals surface area contributed by atoms with Gasteiger partial charge in [-0.2, -0.15) is 0 Å². The molecular weight excluding hydrogens is 256 g/mol. The molecule has 6 nitrogen and oxygen atoms in total. The summed E-state index contributed by atoms with van der Waals surface area (Å²) in [6, 6.07) is 0.747. The second kappa shape index (κ2) is 7.59. The Hall–Kier alpha value is -1.14. The molecule has 1 fully saturated rings. The molecule has 1 aliphatic rings. The molecule has 6 heteroatoms. The summed E-state index contributed by atoms with van der Waals surface area (Å²) in [6.07, 6.45) is 3.52. The first-order chi connectivity index (χ1) is 9.74. The molecule has 1 aliphatic heterocycles. The molecule has 114 valence electrons. The summed E-state index contributed by atoms with van der Waals surface area (Å²) < 4.78 is 11.4. The van der Waals surface area contributed by atoms with E-state index in [9.17, 15) is 0 Å². The number of anilines is 1. The number of rotatable bonds is 7. The molecule has 0 amide bonds. The van der Waals surface area contributed by atoms with E-state index < -0.39 is 0 Å². The van der Waals surface area contributed by atoms with Crippen molar-refractivity contribution in [2.45, 2.75) is 52.2 Å². The number of hydrogen-bond donors (Lipinski definition) is 1. The molecule has 0 bridgehead atoms. The van der Waals surface area contributed by atoms with Crippen LogP contribution in [-0.4, -0.2) is 42.5 Å². The van der Waals surface area contributed by atoms with Gasteiger partial charge in [0.1, 0.15) is 0 Å². The van der Waals surface area contributed by atoms with Gasteiger partial charge in [-0.3, -0.25) is 0 Å². The van der Waals surface area contributed by atoms with Gasteiger partial charge < -0.3 is 19.4 Å². The Balaban J connectivity index is 1.86. The summed E-state index contributed by atoms with van der Waals surface area (Å²) in [5.41, 5.74) is 0. The summed E-state index contributed by atoms with van der Waals surface area (Å²) in [4.78, 5) is 2.15. The SMILES string of the molecule is CCCNC(C)c1nnc(N2CCC(OCC)CC2)o1. The number of hydrogen-bond acceptors (Lipinski definition) is 6. The molecule has 1 aromatic rings. The normalized spacial score (nSPS) is 18.4. The van der Waals surface area contributed by atoms with Crippen molar-refractivity contribution in [2.24, 2.45) is 0 Å². The van der Waals surface area contributed by atoms with Crippen LogP contribution in [0.25, 0.3) is 0 Å². The van der Waals surface area contributed by atoms with Crippen LogP contribution in [-0.2, 0) is 4.74 Å². The molecule has 0 aliphatic carbocycles. The molecule has 1 aromatic heterocycles. The van der Waals surface area contributed by atoms with Gasteiger partial charge in [0.05, 0.1) is 12.1 Å². The Morgan fingerprint density at radius 3 is 2.75 bits per heavy atom. The Kier molecular flexibility index (Phi) is 5.79. The van der Waals surface area contributed by atoms with Crippen molar-refractivity contribution in [3.05, 3.63) is 5.89 Å². The third kappa shape index (κ3) is 3.93. The minimum Gasteiger partial charge on any atom is -0.406 e. The lowest BCUT2D eigenvalue weighted by Gasteiger charge is -2.30. The van der Waals surface area contributed by atoms with Crippen LogP contribution in [0, 0.1) is 0 Å². The first-order valence-electron chi connectivity index (χ1n) is 7.67. The van der Waals surface area contributed by atoms with Crippen molar-refractivity contribution in [3.63, 3.8) is 0 Å². The average molecular weight is 282 g/mol. The molecular formula is C14H26N4O2. The van der Waals surface area contributed by atoms with Crippen molar-refractivity contribution in [1.82, 2.24) is 15.5 Å². The standard InChI is InChI=1S/C14H26N4O2/c1-4-8-15-11(3)13-16-17-14(20-13)18-9-6-12(7-10-18)19-5-2/h11-12,15H,4-10H2,1-3H3. The van der Waals surface area contributed by atoms with Crippen LogP contribution in [0.15, 0.2) is 4.42 Å². The van der Waals surface area contributed by atoms with E-state index in [1.807, 2.05) is 13.8 Å². The van der Waals surface area contributed by atoms with E-state index in [0.717, 1.165) is 45.5 Å². The smallest absolute Gasteiger partial charge is 0.318 e. The van der Waals surface area contributed by atoms with Crippen LogP contribution >= 0.6 is 0 Å². The highest BCUT2D eigenvalue weighted by Crippen LogP contribution is 2.22. The Labute approximate surface area is 120 Å². The molecule has 0 spiro atoms. The average Bonchev–Trinajstić information content (AvgIpc) is 2.96. The largest absolute Gasteiger partial charge is 0.406 e. The van der Waals surface area contributed by atoms with E-state index in [-0.39, 0.29) is 6.04 Å².